The standard InChI is InChI=1S/C21H19ClN4O3S/c1-12-8-15(4-6-16(12)22)29-11-20(27)24-19-9-13(2)25-26(19)21-23-17-7-5-14(28-3)10-18(17)30-21/h4-10H,11H2,1-3H3,(H,24,27). The van der Waals surface area contributed by atoms with Gasteiger partial charge in [0.1, 0.15) is 17.3 Å². The summed E-state index contributed by atoms with van der Waals surface area (Å²) in [6, 6.07) is 12.7. The maximum atomic E-state index is 12.4. The van der Waals surface area contributed by atoms with Crippen molar-refractivity contribution in [2.24, 2.45) is 0 Å². The van der Waals surface area contributed by atoms with Crippen molar-refractivity contribution in [1.29, 1.82) is 0 Å². The number of benzene rings is 2. The minimum absolute atomic E-state index is 0.137. The third-order valence-corrected chi connectivity index (χ3v) is 5.78. The van der Waals surface area contributed by atoms with Crippen LogP contribution in [0.4, 0.5) is 5.82 Å². The lowest BCUT2D eigenvalue weighted by Gasteiger charge is -2.09. The number of halogens is 1. The van der Waals surface area contributed by atoms with E-state index in [0.29, 0.717) is 21.7 Å². The number of fused-ring (bicyclic) bond motifs is 1. The van der Waals surface area contributed by atoms with Crippen molar-refractivity contribution in [2.45, 2.75) is 13.8 Å². The molecule has 0 saturated heterocycles. The third-order valence-electron chi connectivity index (χ3n) is 4.36. The summed E-state index contributed by atoms with van der Waals surface area (Å²) in [4.78, 5) is 17.1. The van der Waals surface area contributed by atoms with Gasteiger partial charge >= 0.3 is 0 Å². The molecule has 2 aromatic heterocycles. The summed E-state index contributed by atoms with van der Waals surface area (Å²) in [6.45, 7) is 3.60. The van der Waals surface area contributed by atoms with Crippen LogP contribution in [0, 0.1) is 13.8 Å². The van der Waals surface area contributed by atoms with Crippen molar-refractivity contribution in [3.8, 4) is 16.6 Å². The normalized spacial score (nSPS) is 10.9. The van der Waals surface area contributed by atoms with Crippen LogP contribution in [0.3, 0.4) is 0 Å². The fourth-order valence-corrected chi connectivity index (χ4v) is 3.96. The number of aromatic nitrogens is 3. The number of thiazole rings is 1. The van der Waals surface area contributed by atoms with Crippen LogP contribution in [-0.4, -0.2) is 34.4 Å². The molecule has 30 heavy (non-hydrogen) atoms. The molecule has 7 nitrogen and oxygen atoms in total. The molecule has 0 bridgehead atoms. The van der Waals surface area contributed by atoms with Crippen molar-refractivity contribution >= 4 is 44.9 Å². The highest BCUT2D eigenvalue weighted by Crippen LogP contribution is 2.30. The number of hydrogen-bond acceptors (Lipinski definition) is 6. The van der Waals surface area contributed by atoms with Crippen molar-refractivity contribution in [3.63, 3.8) is 0 Å². The topological polar surface area (TPSA) is 78.3 Å². The second kappa shape index (κ2) is 8.33. The van der Waals surface area contributed by atoms with E-state index >= 15 is 0 Å². The molecule has 0 unspecified atom stereocenters. The van der Waals surface area contributed by atoms with Crippen molar-refractivity contribution in [1.82, 2.24) is 14.8 Å². The molecule has 4 rings (SSSR count). The molecule has 0 atom stereocenters. The number of nitrogens with zero attached hydrogens (tertiary/aromatic N) is 3. The number of methoxy groups -OCH3 is 1. The lowest BCUT2D eigenvalue weighted by molar-refractivity contribution is -0.118. The van der Waals surface area contributed by atoms with Crippen molar-refractivity contribution in [3.05, 3.63) is 58.7 Å². The number of ether oxygens (including phenoxy) is 2. The second-order valence-electron chi connectivity index (χ2n) is 6.66. The molecular formula is C21H19ClN4O3S. The maximum Gasteiger partial charge on any atom is 0.263 e. The number of nitrogens with one attached hydrogen (secondary N) is 1. The van der Waals surface area contributed by atoms with Crippen LogP contribution < -0.4 is 14.8 Å². The van der Waals surface area contributed by atoms with E-state index in [1.54, 1.807) is 36.1 Å². The summed E-state index contributed by atoms with van der Waals surface area (Å²) in [5.74, 6) is 1.57. The number of anilines is 1. The Labute approximate surface area is 182 Å². The highest BCUT2D eigenvalue weighted by atomic mass is 35.5. The molecule has 0 aliphatic carbocycles. The number of amides is 1. The molecule has 0 spiro atoms. The maximum absolute atomic E-state index is 12.4. The molecule has 0 aliphatic rings. The van der Waals surface area contributed by atoms with Gasteiger partial charge in [-0.25, -0.2) is 4.98 Å². The summed E-state index contributed by atoms with van der Waals surface area (Å²) in [6.07, 6.45) is 0. The summed E-state index contributed by atoms with van der Waals surface area (Å²) >= 11 is 7.48. The number of carbonyl (C=O) groups excluding carboxylic acids is 1. The lowest BCUT2D eigenvalue weighted by Crippen LogP contribution is -2.21. The first-order valence-corrected chi connectivity index (χ1v) is 10.3. The highest BCUT2D eigenvalue weighted by molar-refractivity contribution is 7.20. The first kappa shape index (κ1) is 20.2. The SMILES string of the molecule is COc1ccc2nc(-n3nc(C)cc3NC(=O)COc3ccc(Cl)c(C)c3)sc2c1. The van der Waals surface area contributed by atoms with E-state index in [1.165, 1.54) is 11.3 Å². The van der Waals surface area contributed by atoms with Crippen LogP contribution in [0.2, 0.25) is 5.02 Å². The van der Waals surface area contributed by atoms with E-state index in [1.807, 2.05) is 32.0 Å². The van der Waals surface area contributed by atoms with Gasteiger partial charge < -0.3 is 14.8 Å². The predicted molar refractivity (Wildman–Crippen MR) is 118 cm³/mol. The number of rotatable bonds is 6. The second-order valence-corrected chi connectivity index (χ2v) is 8.08. The number of hydrogen-bond donors (Lipinski definition) is 1. The third kappa shape index (κ3) is 4.24. The summed E-state index contributed by atoms with van der Waals surface area (Å²) in [5.41, 5.74) is 2.48. The van der Waals surface area contributed by atoms with Gasteiger partial charge in [-0.3, -0.25) is 4.79 Å². The Hall–Kier alpha value is -3.10. The van der Waals surface area contributed by atoms with E-state index < -0.39 is 0 Å². The Bertz CT molecular complexity index is 1230. The van der Waals surface area contributed by atoms with Crippen LogP contribution in [0.1, 0.15) is 11.3 Å². The molecule has 0 saturated carbocycles. The van der Waals surface area contributed by atoms with Crippen LogP contribution in [0.25, 0.3) is 15.3 Å². The zero-order valence-corrected chi connectivity index (χ0v) is 18.2. The van der Waals surface area contributed by atoms with E-state index in [9.17, 15) is 4.79 Å². The first-order valence-electron chi connectivity index (χ1n) is 9.13. The summed E-state index contributed by atoms with van der Waals surface area (Å²) in [5, 5.41) is 8.62. The first-order chi connectivity index (χ1) is 14.4. The van der Waals surface area contributed by atoms with E-state index in [2.05, 4.69) is 15.4 Å². The molecule has 0 fully saturated rings. The summed E-state index contributed by atoms with van der Waals surface area (Å²) in [7, 11) is 1.63. The number of aryl methyl sites for hydroxylation is 2. The van der Waals surface area contributed by atoms with Crippen LogP contribution >= 0.6 is 22.9 Å². The van der Waals surface area contributed by atoms with Gasteiger partial charge in [0.2, 0.25) is 5.13 Å². The molecule has 9 heteroatoms. The van der Waals surface area contributed by atoms with Crippen LogP contribution in [-0.2, 0) is 4.79 Å². The molecule has 0 radical (unpaired) electrons. The largest absolute Gasteiger partial charge is 0.497 e. The summed E-state index contributed by atoms with van der Waals surface area (Å²) < 4.78 is 13.4. The van der Waals surface area contributed by atoms with E-state index in [4.69, 9.17) is 21.1 Å². The monoisotopic (exact) mass is 442 g/mol. The smallest absolute Gasteiger partial charge is 0.263 e. The van der Waals surface area contributed by atoms with E-state index in [-0.39, 0.29) is 12.5 Å². The lowest BCUT2D eigenvalue weighted by atomic mass is 10.2. The van der Waals surface area contributed by atoms with Gasteiger partial charge in [-0.15, -0.1) is 0 Å². The fourth-order valence-electron chi connectivity index (χ4n) is 2.88. The molecule has 2 heterocycles. The minimum atomic E-state index is -0.300. The Morgan fingerprint density at radius 1 is 1.17 bits per heavy atom. The Balaban J connectivity index is 1.51. The van der Waals surface area contributed by atoms with Crippen molar-refractivity contribution in [2.75, 3.05) is 19.0 Å². The van der Waals surface area contributed by atoms with Gasteiger partial charge in [0.05, 0.1) is 23.0 Å². The molecule has 0 aliphatic heterocycles. The van der Waals surface area contributed by atoms with Gasteiger partial charge in [0.25, 0.3) is 5.91 Å². The molecule has 1 amide bonds. The van der Waals surface area contributed by atoms with Gasteiger partial charge in [-0.1, -0.05) is 22.9 Å². The number of carbonyl (C=O) groups is 1. The molecule has 154 valence electrons. The highest BCUT2D eigenvalue weighted by Gasteiger charge is 2.15. The minimum Gasteiger partial charge on any atom is -0.497 e. The Morgan fingerprint density at radius 3 is 2.73 bits per heavy atom. The average molecular weight is 443 g/mol. The van der Waals surface area contributed by atoms with Gasteiger partial charge in [-0.2, -0.15) is 9.78 Å². The van der Waals surface area contributed by atoms with E-state index in [0.717, 1.165) is 27.2 Å². The Kier molecular flexibility index (Phi) is 5.61. The van der Waals surface area contributed by atoms with Crippen LogP contribution in [0.15, 0.2) is 42.5 Å². The quantitative estimate of drug-likeness (QED) is 0.465. The van der Waals surface area contributed by atoms with Gasteiger partial charge in [0, 0.05) is 11.1 Å². The predicted octanol–water partition coefficient (Wildman–Crippen LogP) is 4.78. The van der Waals surface area contributed by atoms with Gasteiger partial charge in [-0.05, 0) is 55.8 Å². The van der Waals surface area contributed by atoms with Gasteiger partial charge in [0.15, 0.2) is 6.61 Å². The zero-order chi connectivity index (χ0) is 21.3. The Morgan fingerprint density at radius 2 is 1.97 bits per heavy atom. The average Bonchev–Trinajstić information content (AvgIpc) is 3.31. The molecular weight excluding hydrogens is 424 g/mol. The zero-order valence-electron chi connectivity index (χ0n) is 16.6. The molecule has 4 aromatic rings. The fraction of sp³-hybridized carbons (Fsp3) is 0.190. The molecule has 2 aromatic carbocycles. The van der Waals surface area contributed by atoms with Crippen LogP contribution in [0.5, 0.6) is 11.5 Å². The molecule has 1 N–H and O–H groups in total. The van der Waals surface area contributed by atoms with Crippen molar-refractivity contribution < 1.29 is 14.3 Å².